The molecule has 1 heterocycles. The number of hydrogen-bond donors (Lipinski definition) is 1. The molecule has 0 bridgehead atoms. The lowest BCUT2D eigenvalue weighted by Crippen LogP contribution is -2.10. The minimum absolute atomic E-state index is 0.144. The molecule has 0 radical (unpaired) electrons. The quantitative estimate of drug-likeness (QED) is 0.791. The highest BCUT2D eigenvalue weighted by molar-refractivity contribution is 5.14. The topological polar surface area (TPSA) is 38.0 Å². The highest BCUT2D eigenvalue weighted by Crippen LogP contribution is 2.20. The van der Waals surface area contributed by atoms with Crippen molar-refractivity contribution in [2.24, 2.45) is 0 Å². The summed E-state index contributed by atoms with van der Waals surface area (Å²) in [7, 11) is 0. The second-order valence-electron chi connectivity index (χ2n) is 3.97. The van der Waals surface area contributed by atoms with Crippen molar-refractivity contribution in [3.63, 3.8) is 0 Å². The summed E-state index contributed by atoms with van der Waals surface area (Å²) in [5.74, 6) is 0. The van der Waals surface area contributed by atoms with E-state index in [1.807, 2.05) is 26.2 Å². The third kappa shape index (κ3) is 3.92. The van der Waals surface area contributed by atoms with Crippen LogP contribution in [0.3, 0.4) is 0 Å². The lowest BCUT2D eigenvalue weighted by molar-refractivity contribution is 0.269. The molecule has 0 saturated carbocycles. The molecule has 3 nitrogen and oxygen atoms in total. The SMILES string of the molecule is CC.CC(C)(C)c1cnn(CCO)c1. The Hall–Kier alpha value is -0.830. The van der Waals surface area contributed by atoms with Crippen molar-refractivity contribution < 1.29 is 5.11 Å². The summed E-state index contributed by atoms with van der Waals surface area (Å²) in [6, 6.07) is 0. The maximum Gasteiger partial charge on any atom is 0.0640 e. The summed E-state index contributed by atoms with van der Waals surface area (Å²) in [6.07, 6.45) is 3.84. The molecule has 3 heteroatoms. The fourth-order valence-electron chi connectivity index (χ4n) is 0.976. The van der Waals surface area contributed by atoms with E-state index in [0.29, 0.717) is 6.54 Å². The first-order chi connectivity index (χ1) is 6.54. The van der Waals surface area contributed by atoms with Crippen LogP contribution in [0.1, 0.15) is 40.2 Å². The molecule has 82 valence electrons. The van der Waals surface area contributed by atoms with Crippen LogP contribution in [0.5, 0.6) is 0 Å². The predicted octanol–water partition coefficient (Wildman–Crippen LogP) is 2.20. The molecule has 0 aromatic carbocycles. The third-order valence-corrected chi connectivity index (χ3v) is 1.83. The van der Waals surface area contributed by atoms with E-state index in [-0.39, 0.29) is 12.0 Å². The lowest BCUT2D eigenvalue weighted by atomic mass is 9.90. The highest BCUT2D eigenvalue weighted by Gasteiger charge is 2.15. The molecule has 1 N–H and O–H groups in total. The smallest absolute Gasteiger partial charge is 0.0640 e. The van der Waals surface area contributed by atoms with Gasteiger partial charge in [0.15, 0.2) is 0 Å². The molecule has 0 spiro atoms. The second-order valence-corrected chi connectivity index (χ2v) is 3.97. The van der Waals surface area contributed by atoms with Gasteiger partial charge in [0, 0.05) is 6.20 Å². The summed E-state index contributed by atoms with van der Waals surface area (Å²) < 4.78 is 1.76. The van der Waals surface area contributed by atoms with Gasteiger partial charge in [0.25, 0.3) is 0 Å². The van der Waals surface area contributed by atoms with Crippen molar-refractivity contribution in [3.05, 3.63) is 18.0 Å². The Morgan fingerprint density at radius 2 is 1.93 bits per heavy atom. The molecule has 14 heavy (non-hydrogen) atoms. The molecular weight excluding hydrogens is 176 g/mol. The average molecular weight is 198 g/mol. The summed E-state index contributed by atoms with van der Waals surface area (Å²) in [5.41, 5.74) is 1.35. The fraction of sp³-hybridized carbons (Fsp3) is 0.727. The van der Waals surface area contributed by atoms with Gasteiger partial charge in [-0.3, -0.25) is 4.68 Å². The van der Waals surface area contributed by atoms with Gasteiger partial charge in [-0.1, -0.05) is 34.6 Å². The van der Waals surface area contributed by atoms with E-state index in [1.165, 1.54) is 5.56 Å². The molecule has 0 amide bonds. The van der Waals surface area contributed by atoms with Crippen molar-refractivity contribution in [2.45, 2.75) is 46.6 Å². The first-order valence-electron chi connectivity index (χ1n) is 5.18. The minimum Gasteiger partial charge on any atom is -0.394 e. The molecule has 0 saturated heterocycles. The Balaban J connectivity index is 0.000000791. The van der Waals surface area contributed by atoms with E-state index < -0.39 is 0 Å². The van der Waals surface area contributed by atoms with Crippen molar-refractivity contribution in [3.8, 4) is 0 Å². The van der Waals surface area contributed by atoms with Gasteiger partial charge in [-0.2, -0.15) is 5.10 Å². The number of nitrogens with zero attached hydrogens (tertiary/aromatic N) is 2. The molecule has 1 aromatic heterocycles. The van der Waals surface area contributed by atoms with E-state index in [9.17, 15) is 0 Å². The number of aliphatic hydroxyl groups is 1. The van der Waals surface area contributed by atoms with Gasteiger partial charge < -0.3 is 5.11 Å². The van der Waals surface area contributed by atoms with E-state index in [4.69, 9.17) is 5.11 Å². The van der Waals surface area contributed by atoms with Crippen molar-refractivity contribution in [1.82, 2.24) is 9.78 Å². The average Bonchev–Trinajstić information content (AvgIpc) is 2.56. The van der Waals surface area contributed by atoms with Crippen LogP contribution in [0.2, 0.25) is 0 Å². The minimum atomic E-state index is 0.144. The Labute approximate surface area is 86.8 Å². The van der Waals surface area contributed by atoms with Crippen molar-refractivity contribution in [2.75, 3.05) is 6.61 Å². The highest BCUT2D eigenvalue weighted by atomic mass is 16.3. The van der Waals surface area contributed by atoms with Gasteiger partial charge in [-0.25, -0.2) is 0 Å². The van der Waals surface area contributed by atoms with Gasteiger partial charge in [0.05, 0.1) is 19.3 Å². The van der Waals surface area contributed by atoms with Crippen molar-refractivity contribution >= 4 is 0 Å². The molecule has 0 aliphatic rings. The first-order valence-corrected chi connectivity index (χ1v) is 5.18. The van der Waals surface area contributed by atoms with Gasteiger partial charge >= 0.3 is 0 Å². The van der Waals surface area contributed by atoms with Crippen LogP contribution in [0.15, 0.2) is 12.4 Å². The normalized spacial score (nSPS) is 10.7. The number of aromatic nitrogens is 2. The Kier molecular flexibility index (Phi) is 5.46. The Morgan fingerprint density at radius 3 is 2.29 bits per heavy atom. The van der Waals surface area contributed by atoms with Gasteiger partial charge in [-0.15, -0.1) is 0 Å². The van der Waals surface area contributed by atoms with E-state index in [2.05, 4.69) is 25.9 Å². The maximum atomic E-state index is 8.67. The molecule has 0 unspecified atom stereocenters. The van der Waals surface area contributed by atoms with E-state index >= 15 is 0 Å². The van der Waals surface area contributed by atoms with E-state index in [1.54, 1.807) is 4.68 Å². The Morgan fingerprint density at radius 1 is 1.36 bits per heavy atom. The number of rotatable bonds is 2. The van der Waals surface area contributed by atoms with Gasteiger partial charge in [0.2, 0.25) is 0 Å². The zero-order valence-electron chi connectivity index (χ0n) is 9.91. The lowest BCUT2D eigenvalue weighted by Gasteiger charge is -2.14. The van der Waals surface area contributed by atoms with Crippen LogP contribution in [-0.2, 0) is 12.0 Å². The molecule has 0 aliphatic heterocycles. The summed E-state index contributed by atoms with van der Waals surface area (Å²) in [5, 5.41) is 12.8. The zero-order valence-corrected chi connectivity index (χ0v) is 9.91. The van der Waals surface area contributed by atoms with Crippen LogP contribution < -0.4 is 0 Å². The van der Waals surface area contributed by atoms with Gasteiger partial charge in [-0.05, 0) is 11.0 Å². The molecule has 1 aromatic rings. The maximum absolute atomic E-state index is 8.67. The van der Waals surface area contributed by atoms with Crippen LogP contribution in [0, 0.1) is 0 Å². The molecule has 0 atom stereocenters. The standard InChI is InChI=1S/C9H16N2O.C2H6/c1-9(2,3)8-6-10-11(7-8)4-5-12;1-2/h6-7,12H,4-5H2,1-3H3;1-2H3. The Bertz CT molecular complexity index is 248. The molecule has 0 fully saturated rings. The predicted molar refractivity (Wildman–Crippen MR) is 59.4 cm³/mol. The van der Waals surface area contributed by atoms with Crippen LogP contribution in [-0.4, -0.2) is 21.5 Å². The molecule has 0 aliphatic carbocycles. The summed E-state index contributed by atoms with van der Waals surface area (Å²) in [6.45, 7) is 11.2. The summed E-state index contributed by atoms with van der Waals surface area (Å²) in [4.78, 5) is 0. The fourth-order valence-corrected chi connectivity index (χ4v) is 0.976. The largest absolute Gasteiger partial charge is 0.394 e. The van der Waals surface area contributed by atoms with Crippen LogP contribution in [0.25, 0.3) is 0 Å². The second kappa shape index (κ2) is 5.81. The van der Waals surface area contributed by atoms with Crippen LogP contribution in [0.4, 0.5) is 0 Å². The molecule has 1 rings (SSSR count). The van der Waals surface area contributed by atoms with Crippen LogP contribution >= 0.6 is 0 Å². The van der Waals surface area contributed by atoms with Gasteiger partial charge in [0.1, 0.15) is 0 Å². The number of aliphatic hydroxyl groups excluding tert-OH is 1. The number of hydrogen-bond acceptors (Lipinski definition) is 2. The monoisotopic (exact) mass is 198 g/mol. The zero-order chi connectivity index (χ0) is 11.2. The van der Waals surface area contributed by atoms with Crippen molar-refractivity contribution in [1.29, 1.82) is 0 Å². The first kappa shape index (κ1) is 13.2. The third-order valence-electron chi connectivity index (χ3n) is 1.83. The summed E-state index contributed by atoms with van der Waals surface area (Å²) >= 11 is 0. The molecular formula is C11H22N2O. The van der Waals surface area contributed by atoms with E-state index in [0.717, 1.165) is 0 Å².